The molecule has 33 heteroatoms. The Balaban J connectivity index is 1.82. The van der Waals surface area contributed by atoms with Crippen molar-refractivity contribution in [3.63, 3.8) is 0 Å². The number of nitrogens with zero attached hydrogens (tertiary/aromatic N) is 1. The number of aliphatic imine (C=N–C) groups is 1. The molecule has 0 radical (unpaired) electrons. The van der Waals surface area contributed by atoms with Gasteiger partial charge < -0.3 is 96.8 Å². The van der Waals surface area contributed by atoms with E-state index in [1.165, 1.54) is 0 Å². The molecule has 3 rings (SSSR count). The van der Waals surface area contributed by atoms with Gasteiger partial charge in [0.1, 0.15) is 42.3 Å². The SMILES string of the molecule is CC(C)C[C@H](NC(=O)[C@H](CCCN=C(N)N)NC(=O)[C@H](Cc1c[nH]c2ccccc12)NC(=O)CNC(=O)[C@H](CCC(N)=O)NC(=O)CNC(=O)[C@H](CCC(=O)O)NC(=O)[C@H](Cc1ccccc1)NC(=O)[C@H](CC(N)=O)NC(=O)[C@@H](N)CC(=O)O)C(=O)O. The zero-order valence-corrected chi connectivity index (χ0v) is 47.8. The van der Waals surface area contributed by atoms with Crippen LogP contribution in [0.25, 0.3) is 10.9 Å². The number of rotatable bonds is 39. The normalized spacial score (nSPS) is 13.7. The van der Waals surface area contributed by atoms with Crippen molar-refractivity contribution in [2.45, 2.75) is 133 Å². The maximum absolute atomic E-state index is 14.2. The summed E-state index contributed by atoms with van der Waals surface area (Å²) < 4.78 is 0. The molecule has 87 heavy (non-hydrogen) atoms. The molecule has 0 spiro atoms. The minimum atomic E-state index is -1.79. The topological polar surface area (TPSA) is 566 Å². The number of nitrogens with one attached hydrogen (secondary N) is 10. The number of para-hydroxylation sites is 1. The first kappa shape index (κ1) is 71.1. The van der Waals surface area contributed by atoms with Crippen LogP contribution in [0.4, 0.5) is 0 Å². The highest BCUT2D eigenvalue weighted by molar-refractivity contribution is 5.99. The third-order valence-corrected chi connectivity index (χ3v) is 12.8. The average Bonchev–Trinajstić information content (AvgIpc) is 2.24. The Bertz CT molecular complexity index is 2990. The van der Waals surface area contributed by atoms with Crippen molar-refractivity contribution in [1.29, 1.82) is 0 Å². The van der Waals surface area contributed by atoms with E-state index in [1.54, 1.807) is 74.6 Å². The van der Waals surface area contributed by atoms with Crippen molar-refractivity contribution in [3.8, 4) is 0 Å². The Hall–Kier alpha value is -10.2. The number of nitrogens with two attached hydrogens (primary N) is 5. The Kier molecular flexibility index (Phi) is 29.3. The van der Waals surface area contributed by atoms with Crippen molar-refractivity contribution in [2.75, 3.05) is 19.6 Å². The zero-order chi connectivity index (χ0) is 64.9. The van der Waals surface area contributed by atoms with Gasteiger partial charge in [-0.2, -0.15) is 0 Å². The van der Waals surface area contributed by atoms with Crippen LogP contribution in [0.3, 0.4) is 0 Å². The molecule has 1 heterocycles. The van der Waals surface area contributed by atoms with E-state index in [0.29, 0.717) is 22.0 Å². The van der Waals surface area contributed by atoms with E-state index in [-0.39, 0.29) is 50.5 Å². The predicted molar refractivity (Wildman–Crippen MR) is 308 cm³/mol. The number of carboxylic acids is 3. The highest BCUT2D eigenvalue weighted by atomic mass is 16.4. The molecule has 33 nitrogen and oxygen atoms in total. The van der Waals surface area contributed by atoms with Crippen LogP contribution >= 0.6 is 0 Å². The number of aromatic nitrogens is 1. The maximum Gasteiger partial charge on any atom is 0.326 e. The Labute approximate surface area is 497 Å². The van der Waals surface area contributed by atoms with Crippen molar-refractivity contribution in [1.82, 2.24) is 52.8 Å². The molecule has 1 aromatic heterocycles. The van der Waals surface area contributed by atoms with Gasteiger partial charge >= 0.3 is 17.9 Å². The number of hydrogen-bond acceptors (Lipinski definition) is 16. The van der Waals surface area contributed by atoms with Crippen LogP contribution in [0.2, 0.25) is 0 Å². The molecule has 0 unspecified atom stereocenters. The van der Waals surface area contributed by atoms with Gasteiger partial charge in [0.05, 0.1) is 32.0 Å². The number of amides is 11. The largest absolute Gasteiger partial charge is 0.481 e. The highest BCUT2D eigenvalue weighted by Crippen LogP contribution is 2.20. The fraction of sp³-hybridized carbons (Fsp3) is 0.463. The lowest BCUT2D eigenvalue weighted by Gasteiger charge is -2.25. The number of guanidine groups is 1. The third kappa shape index (κ3) is 26.5. The fourth-order valence-corrected chi connectivity index (χ4v) is 8.48. The lowest BCUT2D eigenvalue weighted by molar-refractivity contribution is -0.143. The lowest BCUT2D eigenvalue weighted by atomic mass is 10.0. The summed E-state index contributed by atoms with van der Waals surface area (Å²) in [6, 6.07) is 2.35. The third-order valence-electron chi connectivity index (χ3n) is 12.8. The number of carbonyl (C=O) groups is 14. The lowest BCUT2D eigenvalue weighted by Crippen LogP contribution is -2.59. The summed E-state index contributed by atoms with van der Waals surface area (Å²) in [5, 5.41) is 50.3. The van der Waals surface area contributed by atoms with E-state index in [2.05, 4.69) is 57.8 Å². The second-order valence-corrected chi connectivity index (χ2v) is 20.5. The second kappa shape index (κ2) is 35.8. The molecular weight excluding hydrogens is 1140 g/mol. The zero-order valence-electron chi connectivity index (χ0n) is 47.8. The Morgan fingerprint density at radius 1 is 0.517 bits per heavy atom. The van der Waals surface area contributed by atoms with E-state index in [9.17, 15) is 77.3 Å². The van der Waals surface area contributed by atoms with E-state index in [4.69, 9.17) is 33.8 Å². The number of aromatic amines is 1. The van der Waals surface area contributed by atoms with Crippen LogP contribution in [-0.4, -0.2) is 177 Å². The standard InChI is InChI=1S/C54H76N16O17/c1-27(2)19-39(53(86)87)70-49(82)33(13-8-18-60-54(58)59)66-51(84)37(21-29-24-61-32-12-7-6-11-30(29)32)65-43(74)26-62-47(80)34(14-16-40(56)71)64-42(73)25-63-48(81)35(15-17-44(75)76)67-50(83)36(20-28-9-4-3-5-10-28)69-52(85)38(23-41(57)72)68-46(79)31(55)22-45(77)78/h3-7,9-12,24,27,31,33-39,61H,8,13-23,25-26,55H2,1-2H3,(H2,56,71)(H2,57,72)(H,62,80)(H,63,81)(H,64,73)(H,65,74)(H,66,84)(H,67,83)(H,68,79)(H,69,85)(H,70,82)(H,75,76)(H,77,78)(H,86,87)(H4,58,59,60)/t31-,33-,34-,35-,36-,37-,38-,39-/m0/s1. The number of carbonyl (C=O) groups excluding carboxylic acids is 11. The first-order valence-electron chi connectivity index (χ1n) is 27.3. The predicted octanol–water partition coefficient (Wildman–Crippen LogP) is -5.43. The molecule has 8 atom stereocenters. The highest BCUT2D eigenvalue weighted by Gasteiger charge is 2.34. The number of H-pyrrole nitrogens is 1. The average molecular weight is 1220 g/mol. The summed E-state index contributed by atoms with van der Waals surface area (Å²) in [5.74, 6) is -16.0. The molecular formula is C54H76N16O17. The summed E-state index contributed by atoms with van der Waals surface area (Å²) in [5.41, 5.74) is 28.8. The molecule has 0 aliphatic carbocycles. The summed E-state index contributed by atoms with van der Waals surface area (Å²) >= 11 is 0. The number of aliphatic carboxylic acids is 3. The second-order valence-electron chi connectivity index (χ2n) is 20.5. The number of benzene rings is 2. The van der Waals surface area contributed by atoms with Gasteiger partial charge in [0, 0.05) is 49.3 Å². The van der Waals surface area contributed by atoms with Crippen molar-refractivity contribution < 1.29 is 82.4 Å². The van der Waals surface area contributed by atoms with Crippen LogP contribution in [0, 0.1) is 5.92 Å². The van der Waals surface area contributed by atoms with E-state index in [0.717, 1.165) is 0 Å². The molecule has 474 valence electrons. The minimum absolute atomic E-state index is 0.0322. The first-order valence-corrected chi connectivity index (χ1v) is 27.3. The molecule has 3 aromatic rings. The van der Waals surface area contributed by atoms with Crippen LogP contribution < -0.4 is 76.5 Å². The monoisotopic (exact) mass is 1220 g/mol. The number of hydrogen-bond donors (Lipinski definition) is 18. The number of carboxylic acid groups (broad SMARTS) is 3. The van der Waals surface area contributed by atoms with Gasteiger partial charge in [0.25, 0.3) is 0 Å². The molecule has 0 saturated heterocycles. The van der Waals surface area contributed by atoms with Crippen LogP contribution in [0.1, 0.15) is 82.8 Å². The van der Waals surface area contributed by atoms with Crippen LogP contribution in [0.5, 0.6) is 0 Å². The van der Waals surface area contributed by atoms with E-state index < -0.39 is 183 Å². The molecule has 0 bridgehead atoms. The minimum Gasteiger partial charge on any atom is -0.481 e. The molecule has 23 N–H and O–H groups in total. The van der Waals surface area contributed by atoms with Crippen molar-refractivity contribution >= 4 is 99.7 Å². The molecule has 11 amide bonds. The summed E-state index contributed by atoms with van der Waals surface area (Å²) in [7, 11) is 0. The summed E-state index contributed by atoms with van der Waals surface area (Å²) in [6.07, 6.45) is -2.76. The quantitative estimate of drug-likeness (QED) is 0.0144. The van der Waals surface area contributed by atoms with Gasteiger partial charge in [-0.3, -0.25) is 67.3 Å². The molecule has 2 aromatic carbocycles. The summed E-state index contributed by atoms with van der Waals surface area (Å²) in [6.45, 7) is 1.73. The van der Waals surface area contributed by atoms with Gasteiger partial charge in [-0.05, 0) is 55.2 Å². The van der Waals surface area contributed by atoms with E-state index in [1.807, 2.05) is 0 Å². The van der Waals surface area contributed by atoms with Gasteiger partial charge in [0.2, 0.25) is 65.0 Å². The van der Waals surface area contributed by atoms with Gasteiger partial charge in [0.15, 0.2) is 5.96 Å². The molecule has 0 aliphatic heterocycles. The first-order chi connectivity index (χ1) is 41.0. The molecule has 0 fully saturated rings. The fourth-order valence-electron chi connectivity index (χ4n) is 8.48. The Morgan fingerprint density at radius 3 is 1.56 bits per heavy atom. The Morgan fingerprint density at radius 2 is 1.01 bits per heavy atom. The maximum atomic E-state index is 14.2. The van der Waals surface area contributed by atoms with Crippen molar-refractivity contribution in [2.24, 2.45) is 39.6 Å². The van der Waals surface area contributed by atoms with Crippen LogP contribution in [-0.2, 0) is 80.0 Å². The van der Waals surface area contributed by atoms with E-state index >= 15 is 0 Å². The molecule has 0 aliphatic rings. The smallest absolute Gasteiger partial charge is 0.326 e. The molecule has 0 saturated carbocycles. The van der Waals surface area contributed by atoms with Gasteiger partial charge in [-0.25, -0.2) is 4.79 Å². The van der Waals surface area contributed by atoms with Crippen molar-refractivity contribution in [3.05, 3.63) is 71.9 Å². The van der Waals surface area contributed by atoms with Gasteiger partial charge in [-0.1, -0.05) is 62.4 Å². The summed E-state index contributed by atoms with van der Waals surface area (Å²) in [4.78, 5) is 188. The van der Waals surface area contributed by atoms with Gasteiger partial charge in [-0.15, -0.1) is 0 Å². The number of primary amides is 2. The number of fused-ring (bicyclic) bond motifs is 1. The van der Waals surface area contributed by atoms with Crippen LogP contribution in [0.15, 0.2) is 65.8 Å².